The predicted octanol–water partition coefficient (Wildman–Crippen LogP) is 6.22. The topological polar surface area (TPSA) is 52.0 Å². The van der Waals surface area contributed by atoms with Gasteiger partial charge >= 0.3 is 0 Å². The summed E-state index contributed by atoms with van der Waals surface area (Å²) in [4.78, 5) is 0. The molecule has 0 bridgehead atoms. The van der Waals surface area contributed by atoms with Crippen molar-refractivity contribution in [1.82, 2.24) is 15.0 Å². The Morgan fingerprint density at radius 3 is 2.61 bits per heavy atom. The van der Waals surface area contributed by atoms with Crippen molar-refractivity contribution < 1.29 is 4.74 Å². The first kappa shape index (κ1) is 19.6. The Labute approximate surface area is 183 Å². The lowest BCUT2D eigenvalue weighted by molar-refractivity contribution is 0.306. The Kier molecular flexibility index (Phi) is 5.57. The zero-order valence-electron chi connectivity index (χ0n) is 18.0. The molecule has 5 nitrogen and oxygen atoms in total. The van der Waals surface area contributed by atoms with Gasteiger partial charge in [0, 0.05) is 11.4 Å². The molecule has 0 unspecified atom stereocenters. The van der Waals surface area contributed by atoms with Crippen LogP contribution in [0.1, 0.15) is 43.7 Å². The van der Waals surface area contributed by atoms with Crippen molar-refractivity contribution >= 4 is 22.4 Å². The van der Waals surface area contributed by atoms with Crippen molar-refractivity contribution in [2.45, 2.75) is 45.4 Å². The van der Waals surface area contributed by atoms with Gasteiger partial charge in [-0.1, -0.05) is 31.0 Å². The summed E-state index contributed by atoms with van der Waals surface area (Å²) in [7, 11) is 0. The van der Waals surface area contributed by atoms with Gasteiger partial charge in [-0.15, -0.1) is 5.10 Å². The maximum absolute atomic E-state index is 5.81. The number of unbranched alkanes of at least 4 members (excludes halogenated alkanes) is 2. The van der Waals surface area contributed by atoms with Crippen LogP contribution in [0, 0.1) is 0 Å². The van der Waals surface area contributed by atoms with Crippen LogP contribution in [0.2, 0.25) is 0 Å². The highest BCUT2D eigenvalue weighted by atomic mass is 16.5. The number of aromatic nitrogens is 3. The molecule has 158 valence electrons. The lowest BCUT2D eigenvalue weighted by atomic mass is 10.1. The minimum atomic E-state index is 0.775. The van der Waals surface area contributed by atoms with Crippen LogP contribution < -0.4 is 10.1 Å². The lowest BCUT2D eigenvalue weighted by Gasteiger charge is -2.10. The molecule has 1 N–H and O–H groups in total. The molecule has 5 rings (SSSR count). The minimum absolute atomic E-state index is 0.775. The fourth-order valence-corrected chi connectivity index (χ4v) is 4.22. The molecule has 0 amide bonds. The molecule has 1 aliphatic rings. The van der Waals surface area contributed by atoms with E-state index in [-0.39, 0.29) is 0 Å². The second-order valence-corrected chi connectivity index (χ2v) is 8.22. The quantitative estimate of drug-likeness (QED) is 0.349. The van der Waals surface area contributed by atoms with Crippen molar-refractivity contribution in [1.29, 1.82) is 0 Å². The molecule has 0 fully saturated rings. The average Bonchev–Trinajstić information content (AvgIpc) is 3.44. The van der Waals surface area contributed by atoms with Crippen molar-refractivity contribution in [2.75, 3.05) is 11.9 Å². The molecule has 0 spiro atoms. The molecule has 0 aliphatic heterocycles. The largest absolute Gasteiger partial charge is 0.494 e. The lowest BCUT2D eigenvalue weighted by Crippen LogP contribution is -1.99. The van der Waals surface area contributed by atoms with Crippen LogP contribution in [0.5, 0.6) is 5.75 Å². The van der Waals surface area contributed by atoms with E-state index in [1.807, 2.05) is 28.9 Å². The molecule has 4 aromatic rings. The van der Waals surface area contributed by atoms with Crippen LogP contribution in [-0.2, 0) is 12.8 Å². The average molecular weight is 413 g/mol. The fraction of sp³-hybridized carbons (Fsp3) is 0.308. The number of aryl methyl sites for hydroxylation is 2. The third-order valence-electron chi connectivity index (χ3n) is 5.93. The second kappa shape index (κ2) is 8.80. The Balaban J connectivity index is 1.34. The van der Waals surface area contributed by atoms with Crippen LogP contribution in [-0.4, -0.2) is 21.6 Å². The van der Waals surface area contributed by atoms with Crippen LogP contribution in [0.25, 0.3) is 16.7 Å². The van der Waals surface area contributed by atoms with E-state index in [2.05, 4.69) is 59.0 Å². The molecule has 0 saturated heterocycles. The monoisotopic (exact) mass is 412 g/mol. The molecule has 31 heavy (non-hydrogen) atoms. The number of rotatable bonds is 8. The van der Waals surface area contributed by atoms with Crippen LogP contribution in [0.4, 0.5) is 11.4 Å². The maximum atomic E-state index is 5.81. The highest BCUT2D eigenvalue weighted by Crippen LogP contribution is 2.27. The van der Waals surface area contributed by atoms with E-state index in [1.54, 1.807) is 0 Å². The third kappa shape index (κ3) is 4.26. The smallest absolute Gasteiger partial charge is 0.119 e. The SMILES string of the molecule is CCCCCOc1ccc(Nc2ccc3nnn(-c4ccc5c(c4)CCC5)c3c2)cc1. The van der Waals surface area contributed by atoms with E-state index >= 15 is 0 Å². The van der Waals surface area contributed by atoms with Gasteiger partial charge in [0.1, 0.15) is 11.3 Å². The number of ether oxygens (including phenoxy) is 1. The van der Waals surface area contributed by atoms with E-state index in [4.69, 9.17) is 4.74 Å². The summed E-state index contributed by atoms with van der Waals surface area (Å²) in [6.45, 7) is 2.98. The van der Waals surface area contributed by atoms with E-state index < -0.39 is 0 Å². The standard InChI is InChI=1S/C26H28N4O/c1-2-3-4-16-31-24-13-9-21(10-14-24)27-22-11-15-25-26(18-22)30(29-28-25)23-12-8-19-6-5-7-20(19)17-23/h8-15,17-18,27H,2-7,16H2,1H3. The number of hydrogen-bond donors (Lipinski definition) is 1. The number of anilines is 2. The predicted molar refractivity (Wildman–Crippen MR) is 126 cm³/mol. The Bertz CT molecular complexity index is 1180. The zero-order chi connectivity index (χ0) is 21.0. The number of fused-ring (bicyclic) bond motifs is 2. The van der Waals surface area contributed by atoms with Gasteiger partial charge in [0.25, 0.3) is 0 Å². The van der Waals surface area contributed by atoms with Gasteiger partial charge in [-0.2, -0.15) is 0 Å². The highest BCUT2D eigenvalue weighted by molar-refractivity contribution is 5.81. The first-order chi connectivity index (χ1) is 15.3. The van der Waals surface area contributed by atoms with Crippen LogP contribution in [0.3, 0.4) is 0 Å². The first-order valence-electron chi connectivity index (χ1n) is 11.3. The van der Waals surface area contributed by atoms with Gasteiger partial charge < -0.3 is 10.1 Å². The van der Waals surface area contributed by atoms with E-state index in [1.165, 1.54) is 36.8 Å². The van der Waals surface area contributed by atoms with Gasteiger partial charge in [-0.3, -0.25) is 0 Å². The highest BCUT2D eigenvalue weighted by Gasteiger charge is 2.14. The molecular weight excluding hydrogens is 384 g/mol. The number of nitrogens with zero attached hydrogens (tertiary/aromatic N) is 3. The molecular formula is C26H28N4O. The summed E-state index contributed by atoms with van der Waals surface area (Å²) in [6, 6.07) is 20.9. The van der Waals surface area contributed by atoms with E-state index in [0.29, 0.717) is 0 Å². The second-order valence-electron chi connectivity index (χ2n) is 8.22. The van der Waals surface area contributed by atoms with Crippen molar-refractivity contribution in [3.8, 4) is 11.4 Å². The Hall–Kier alpha value is -3.34. The van der Waals surface area contributed by atoms with Crippen molar-refractivity contribution in [3.05, 3.63) is 71.8 Å². The molecule has 0 saturated carbocycles. The maximum Gasteiger partial charge on any atom is 0.119 e. The number of hydrogen-bond acceptors (Lipinski definition) is 4. The van der Waals surface area contributed by atoms with Gasteiger partial charge in [-0.05, 0) is 91.4 Å². The Morgan fingerprint density at radius 2 is 1.74 bits per heavy atom. The molecule has 0 radical (unpaired) electrons. The molecule has 1 aliphatic carbocycles. The first-order valence-corrected chi connectivity index (χ1v) is 11.3. The molecule has 3 aromatic carbocycles. The zero-order valence-corrected chi connectivity index (χ0v) is 18.0. The van der Waals surface area contributed by atoms with Gasteiger partial charge in [0.2, 0.25) is 0 Å². The van der Waals surface area contributed by atoms with Gasteiger partial charge in [-0.25, -0.2) is 4.68 Å². The summed E-state index contributed by atoms with van der Waals surface area (Å²) in [5, 5.41) is 12.3. The van der Waals surface area contributed by atoms with Crippen molar-refractivity contribution in [3.63, 3.8) is 0 Å². The van der Waals surface area contributed by atoms with E-state index in [9.17, 15) is 0 Å². The summed E-state index contributed by atoms with van der Waals surface area (Å²) in [6.07, 6.45) is 7.09. The molecule has 0 atom stereocenters. The molecule has 5 heteroatoms. The molecule has 1 aromatic heterocycles. The number of benzene rings is 3. The Morgan fingerprint density at radius 1 is 0.903 bits per heavy atom. The minimum Gasteiger partial charge on any atom is -0.494 e. The summed E-state index contributed by atoms with van der Waals surface area (Å²) in [5.41, 5.74) is 7.90. The van der Waals surface area contributed by atoms with Crippen molar-refractivity contribution in [2.24, 2.45) is 0 Å². The van der Waals surface area contributed by atoms with E-state index in [0.717, 1.165) is 53.3 Å². The van der Waals surface area contributed by atoms with Gasteiger partial charge in [0.05, 0.1) is 17.8 Å². The van der Waals surface area contributed by atoms with Gasteiger partial charge in [0.15, 0.2) is 0 Å². The third-order valence-corrected chi connectivity index (χ3v) is 5.93. The van der Waals surface area contributed by atoms with Crippen LogP contribution >= 0.6 is 0 Å². The molecule has 1 heterocycles. The summed E-state index contributed by atoms with van der Waals surface area (Å²) in [5.74, 6) is 0.913. The number of nitrogens with one attached hydrogen (secondary N) is 1. The van der Waals surface area contributed by atoms with Crippen LogP contribution in [0.15, 0.2) is 60.7 Å². The fourth-order valence-electron chi connectivity index (χ4n) is 4.22. The summed E-state index contributed by atoms with van der Waals surface area (Å²) < 4.78 is 7.75. The normalized spacial score (nSPS) is 12.8. The summed E-state index contributed by atoms with van der Waals surface area (Å²) >= 11 is 0.